The van der Waals surface area contributed by atoms with Gasteiger partial charge in [-0.25, -0.2) is 0 Å². The normalized spacial score (nSPS) is 54.2. The van der Waals surface area contributed by atoms with Gasteiger partial charge in [-0.3, -0.25) is 0 Å². The van der Waals surface area contributed by atoms with Gasteiger partial charge >= 0.3 is 0 Å². The lowest BCUT2D eigenvalue weighted by Crippen LogP contribution is -2.49. The summed E-state index contributed by atoms with van der Waals surface area (Å²) >= 11 is 0. The molecule has 0 saturated heterocycles. The Kier molecular flexibility index (Phi) is 8.47. The summed E-state index contributed by atoms with van der Waals surface area (Å²) < 4.78 is 0. The molecule has 0 bridgehead atoms. The van der Waals surface area contributed by atoms with Crippen LogP contribution in [0.5, 0.6) is 0 Å². The van der Waals surface area contributed by atoms with Crippen LogP contribution in [0.4, 0.5) is 0 Å². The van der Waals surface area contributed by atoms with Gasteiger partial charge < -0.3 is 20.4 Å². The fourth-order valence-electron chi connectivity index (χ4n) is 14.1. The van der Waals surface area contributed by atoms with E-state index in [1.165, 1.54) is 48.0 Å². The third-order valence-electron chi connectivity index (χ3n) is 16.5. The molecule has 8 aliphatic carbocycles. The van der Waals surface area contributed by atoms with Gasteiger partial charge in [-0.1, -0.05) is 63.1 Å². The molecule has 256 valence electrons. The van der Waals surface area contributed by atoms with Gasteiger partial charge in [-0.2, -0.15) is 0 Å². The third kappa shape index (κ3) is 4.80. The molecule has 14 atom stereocenters. The van der Waals surface area contributed by atoms with Gasteiger partial charge in [-0.05, 0) is 172 Å². The number of hydrogen-bond acceptors (Lipinski definition) is 4. The Morgan fingerprint density at radius 1 is 0.543 bits per heavy atom. The van der Waals surface area contributed by atoms with Gasteiger partial charge in [0.05, 0.1) is 24.4 Å². The van der Waals surface area contributed by atoms with Crippen LogP contribution in [-0.4, -0.2) is 44.8 Å². The molecule has 4 N–H and O–H groups in total. The number of hydrogen-bond donors (Lipinski definition) is 4. The maximum atomic E-state index is 10.6. The Hall–Kier alpha value is -1.20. The van der Waals surface area contributed by atoms with Crippen LogP contribution >= 0.6 is 0 Å². The summed E-state index contributed by atoms with van der Waals surface area (Å²) in [4.78, 5) is 0. The van der Waals surface area contributed by atoms with Crippen molar-refractivity contribution in [1.82, 2.24) is 0 Å². The first kappa shape index (κ1) is 33.3. The Labute approximate surface area is 279 Å². The summed E-state index contributed by atoms with van der Waals surface area (Å²) in [6, 6.07) is 0. The standard InChI is InChI=1S/2C21H32O2/c2*1-4-16-19(23)12-18-15-6-5-13-11-14(22)7-9-20(13,2)17(15)8-10-21(16,18)3/h2*4-5,14-15,17-19,22-23H,6-12H2,1-3H3/b16-4+;16-4-/t2*14?,15?,17?,18?,19?,20-,21+/m00/s1. The van der Waals surface area contributed by atoms with Crippen LogP contribution in [0.25, 0.3) is 0 Å². The quantitative estimate of drug-likeness (QED) is 0.202. The van der Waals surface area contributed by atoms with Crippen molar-refractivity contribution in [3.05, 3.63) is 46.6 Å². The minimum absolute atomic E-state index is 0.123. The van der Waals surface area contributed by atoms with Crippen molar-refractivity contribution in [2.24, 2.45) is 57.2 Å². The Morgan fingerprint density at radius 3 is 1.28 bits per heavy atom. The molecule has 0 aromatic carbocycles. The van der Waals surface area contributed by atoms with Gasteiger partial charge in [0.15, 0.2) is 0 Å². The summed E-state index contributed by atoms with van der Waals surface area (Å²) in [5.41, 5.74) is 6.70. The molecule has 10 unspecified atom stereocenters. The van der Waals surface area contributed by atoms with E-state index in [1.54, 1.807) is 0 Å². The first-order valence-corrected chi connectivity index (χ1v) is 19.2. The Morgan fingerprint density at radius 2 is 0.913 bits per heavy atom. The van der Waals surface area contributed by atoms with E-state index in [9.17, 15) is 20.4 Å². The largest absolute Gasteiger partial charge is 0.393 e. The minimum atomic E-state index is -0.222. The molecule has 6 saturated carbocycles. The minimum Gasteiger partial charge on any atom is -0.393 e. The Balaban J connectivity index is 0.000000147. The maximum absolute atomic E-state index is 10.6. The molecule has 0 aromatic rings. The van der Waals surface area contributed by atoms with Crippen LogP contribution < -0.4 is 0 Å². The zero-order valence-electron chi connectivity index (χ0n) is 29.8. The average Bonchev–Trinajstić information content (AvgIpc) is 3.44. The molecule has 0 spiro atoms. The highest BCUT2D eigenvalue weighted by molar-refractivity contribution is 5.33. The highest BCUT2D eigenvalue weighted by Crippen LogP contribution is 2.67. The van der Waals surface area contributed by atoms with Crippen LogP contribution in [0.2, 0.25) is 0 Å². The van der Waals surface area contributed by atoms with Crippen LogP contribution in [0.3, 0.4) is 0 Å². The highest BCUT2D eigenvalue weighted by atomic mass is 16.3. The summed E-state index contributed by atoms with van der Waals surface area (Å²) in [6.07, 6.45) is 23.9. The Bertz CT molecular complexity index is 1220. The second kappa shape index (κ2) is 11.7. The molecule has 4 heteroatoms. The number of rotatable bonds is 0. The molecule has 8 aliphatic rings. The number of fused-ring (bicyclic) bond motifs is 10. The van der Waals surface area contributed by atoms with Crippen LogP contribution in [0.15, 0.2) is 46.6 Å². The molecule has 0 aromatic heterocycles. The summed E-state index contributed by atoms with van der Waals surface area (Å²) in [5.74, 6) is 4.18. The van der Waals surface area contributed by atoms with Crippen molar-refractivity contribution in [3.8, 4) is 0 Å². The molecule has 0 radical (unpaired) electrons. The summed E-state index contributed by atoms with van der Waals surface area (Å²) in [7, 11) is 0. The topological polar surface area (TPSA) is 80.9 Å². The van der Waals surface area contributed by atoms with E-state index in [0.29, 0.717) is 34.5 Å². The van der Waals surface area contributed by atoms with E-state index >= 15 is 0 Å². The first-order chi connectivity index (χ1) is 21.8. The second-order valence-corrected chi connectivity index (χ2v) is 18.2. The number of aliphatic hydroxyl groups excluding tert-OH is 4. The number of aliphatic hydroxyl groups is 4. The van der Waals surface area contributed by atoms with Crippen molar-refractivity contribution < 1.29 is 20.4 Å². The molecule has 0 heterocycles. The molecular formula is C42H64O4. The zero-order valence-corrected chi connectivity index (χ0v) is 29.8. The second-order valence-electron chi connectivity index (χ2n) is 18.2. The summed E-state index contributed by atoms with van der Waals surface area (Å²) in [5, 5.41) is 41.3. The molecule has 46 heavy (non-hydrogen) atoms. The summed E-state index contributed by atoms with van der Waals surface area (Å²) in [6.45, 7) is 13.9. The number of allylic oxidation sites excluding steroid dienone is 4. The highest BCUT2D eigenvalue weighted by Gasteiger charge is 2.60. The lowest BCUT2D eigenvalue weighted by Gasteiger charge is -2.57. The fourth-order valence-corrected chi connectivity index (χ4v) is 14.1. The predicted octanol–water partition coefficient (Wildman–Crippen LogP) is 8.45. The molecule has 8 rings (SSSR count). The molecule has 4 nitrogen and oxygen atoms in total. The maximum Gasteiger partial charge on any atom is 0.0758 e. The molecular weight excluding hydrogens is 568 g/mol. The first-order valence-electron chi connectivity index (χ1n) is 19.2. The van der Waals surface area contributed by atoms with Gasteiger partial charge in [-0.15, -0.1) is 0 Å². The smallest absolute Gasteiger partial charge is 0.0758 e. The van der Waals surface area contributed by atoms with Gasteiger partial charge in [0.1, 0.15) is 0 Å². The van der Waals surface area contributed by atoms with Crippen LogP contribution in [-0.2, 0) is 0 Å². The van der Waals surface area contributed by atoms with E-state index in [4.69, 9.17) is 0 Å². The van der Waals surface area contributed by atoms with Crippen molar-refractivity contribution in [2.45, 2.75) is 156 Å². The SMILES string of the molecule is C/C=C1/C(O)CC2C3CC=C4CC(O)CC[C@]4(C)C3CC[C@]12C.C/C=C1\C(O)CC2C3CC=C4CC(O)CC[C@]4(C)C3CC[C@]12C. The molecule has 0 amide bonds. The van der Waals surface area contributed by atoms with Crippen LogP contribution in [0, 0.1) is 57.2 Å². The monoisotopic (exact) mass is 632 g/mol. The lowest BCUT2D eigenvalue weighted by atomic mass is 9.48. The lowest BCUT2D eigenvalue weighted by molar-refractivity contribution is -0.0278. The van der Waals surface area contributed by atoms with Gasteiger partial charge in [0.25, 0.3) is 0 Å². The van der Waals surface area contributed by atoms with Crippen molar-refractivity contribution in [1.29, 1.82) is 0 Å². The third-order valence-corrected chi connectivity index (χ3v) is 16.5. The van der Waals surface area contributed by atoms with Crippen molar-refractivity contribution in [2.75, 3.05) is 0 Å². The average molecular weight is 633 g/mol. The van der Waals surface area contributed by atoms with Gasteiger partial charge in [0, 0.05) is 0 Å². The molecule has 6 fully saturated rings. The van der Waals surface area contributed by atoms with Crippen molar-refractivity contribution in [3.63, 3.8) is 0 Å². The van der Waals surface area contributed by atoms with Crippen LogP contribution in [0.1, 0.15) is 131 Å². The zero-order chi connectivity index (χ0) is 32.8. The van der Waals surface area contributed by atoms with E-state index in [-0.39, 0.29) is 35.2 Å². The van der Waals surface area contributed by atoms with E-state index in [0.717, 1.165) is 76.0 Å². The van der Waals surface area contributed by atoms with E-state index < -0.39 is 0 Å². The van der Waals surface area contributed by atoms with Gasteiger partial charge in [0.2, 0.25) is 0 Å². The van der Waals surface area contributed by atoms with E-state index in [2.05, 4.69) is 65.8 Å². The molecule has 0 aliphatic heterocycles. The predicted molar refractivity (Wildman–Crippen MR) is 186 cm³/mol. The van der Waals surface area contributed by atoms with Crippen molar-refractivity contribution >= 4 is 0 Å². The fraction of sp³-hybridized carbons (Fsp3) is 0.810. The van der Waals surface area contributed by atoms with E-state index in [1.807, 2.05) is 0 Å².